The van der Waals surface area contributed by atoms with E-state index in [4.69, 9.17) is 16.6 Å². The van der Waals surface area contributed by atoms with Crippen molar-refractivity contribution in [3.05, 3.63) is 88.2 Å². The summed E-state index contributed by atoms with van der Waals surface area (Å²) >= 11 is 6.08. The van der Waals surface area contributed by atoms with Gasteiger partial charge in [-0.1, -0.05) is 23.7 Å². The number of hydrogen-bond acceptors (Lipinski definition) is 3. The third kappa shape index (κ3) is 3.48. The van der Waals surface area contributed by atoms with E-state index < -0.39 is 0 Å². The maximum absolute atomic E-state index is 13.5. The quantitative estimate of drug-likeness (QED) is 0.431. The van der Waals surface area contributed by atoms with Crippen molar-refractivity contribution in [2.24, 2.45) is 0 Å². The molecule has 150 valence electrons. The molecule has 1 fully saturated rings. The zero-order valence-corrected chi connectivity index (χ0v) is 17.3. The number of benzene rings is 3. The number of anilines is 1. The Bertz CT molecular complexity index is 1240. The first-order valence-electron chi connectivity index (χ1n) is 10.3. The van der Waals surface area contributed by atoms with Crippen LogP contribution in [-0.4, -0.2) is 22.6 Å². The average molecular weight is 416 g/mol. The van der Waals surface area contributed by atoms with Crippen LogP contribution in [0.1, 0.15) is 19.3 Å². The normalized spacial score (nSPS) is 14.2. The summed E-state index contributed by atoms with van der Waals surface area (Å²) in [4.78, 5) is 20.7. The molecule has 0 N–H and O–H groups in total. The first kappa shape index (κ1) is 18.9. The summed E-state index contributed by atoms with van der Waals surface area (Å²) in [5, 5.41) is 1.26. The van der Waals surface area contributed by atoms with E-state index in [-0.39, 0.29) is 5.56 Å². The highest BCUT2D eigenvalue weighted by Gasteiger charge is 2.16. The second-order valence-corrected chi connectivity index (χ2v) is 8.10. The molecule has 4 nitrogen and oxygen atoms in total. The Labute approximate surface area is 180 Å². The number of aromatic nitrogens is 2. The lowest BCUT2D eigenvalue weighted by Gasteiger charge is -2.29. The highest BCUT2D eigenvalue weighted by Crippen LogP contribution is 2.26. The van der Waals surface area contributed by atoms with Crippen LogP contribution < -0.4 is 10.5 Å². The third-order valence-corrected chi connectivity index (χ3v) is 5.96. The first-order valence-corrected chi connectivity index (χ1v) is 10.7. The fourth-order valence-electron chi connectivity index (χ4n) is 4.13. The van der Waals surface area contributed by atoms with Gasteiger partial charge in [0.05, 0.1) is 16.6 Å². The number of piperidine rings is 1. The lowest BCUT2D eigenvalue weighted by Crippen LogP contribution is -2.29. The van der Waals surface area contributed by atoms with Gasteiger partial charge in [0.15, 0.2) is 0 Å². The molecule has 0 amide bonds. The lowest BCUT2D eigenvalue weighted by atomic mass is 10.1. The second-order valence-electron chi connectivity index (χ2n) is 7.66. The van der Waals surface area contributed by atoms with Crippen molar-refractivity contribution in [1.82, 2.24) is 9.55 Å². The van der Waals surface area contributed by atoms with Crippen molar-refractivity contribution in [3.63, 3.8) is 0 Å². The molecule has 30 heavy (non-hydrogen) atoms. The lowest BCUT2D eigenvalue weighted by molar-refractivity contribution is 0.578. The Morgan fingerprint density at radius 3 is 2.17 bits per heavy atom. The Hall–Kier alpha value is -3.11. The van der Waals surface area contributed by atoms with Gasteiger partial charge in [-0.15, -0.1) is 0 Å². The average Bonchev–Trinajstić information content (AvgIpc) is 2.80. The number of fused-ring (bicyclic) bond motifs is 1. The maximum Gasteiger partial charge on any atom is 0.266 e. The van der Waals surface area contributed by atoms with Gasteiger partial charge in [0, 0.05) is 29.4 Å². The Morgan fingerprint density at radius 2 is 1.43 bits per heavy atom. The molecule has 5 rings (SSSR count). The summed E-state index contributed by atoms with van der Waals surface area (Å²) in [6.45, 7) is 2.18. The van der Waals surface area contributed by atoms with Gasteiger partial charge in [-0.2, -0.15) is 0 Å². The van der Waals surface area contributed by atoms with Gasteiger partial charge < -0.3 is 4.90 Å². The molecule has 1 aliphatic rings. The highest BCUT2D eigenvalue weighted by atomic mass is 35.5. The predicted molar refractivity (Wildman–Crippen MR) is 124 cm³/mol. The van der Waals surface area contributed by atoms with Crippen LogP contribution in [0.3, 0.4) is 0 Å². The Kier molecular flexibility index (Phi) is 5.01. The summed E-state index contributed by atoms with van der Waals surface area (Å²) in [6, 6.07) is 23.2. The molecule has 0 radical (unpaired) electrons. The molecular weight excluding hydrogens is 394 g/mol. The van der Waals surface area contributed by atoms with E-state index in [1.807, 2.05) is 60.7 Å². The summed E-state index contributed by atoms with van der Waals surface area (Å²) < 4.78 is 1.70. The molecule has 0 unspecified atom stereocenters. The molecule has 0 aliphatic carbocycles. The molecule has 1 saturated heterocycles. The molecule has 0 bridgehead atoms. The first-order chi connectivity index (χ1) is 14.7. The molecule has 3 aromatic carbocycles. The Morgan fingerprint density at radius 1 is 0.767 bits per heavy atom. The maximum atomic E-state index is 13.5. The fraction of sp³-hybridized carbons (Fsp3) is 0.200. The summed E-state index contributed by atoms with van der Waals surface area (Å²) in [5.74, 6) is 0.612. The zero-order valence-electron chi connectivity index (χ0n) is 16.6. The zero-order chi connectivity index (χ0) is 20.5. The van der Waals surface area contributed by atoms with Gasteiger partial charge in [-0.3, -0.25) is 9.36 Å². The molecular formula is C25H22ClN3O. The molecule has 1 aliphatic heterocycles. The number of para-hydroxylation sites is 1. The van der Waals surface area contributed by atoms with Crippen LogP contribution in [0.15, 0.2) is 77.6 Å². The molecule has 0 spiro atoms. The standard InChI is InChI=1S/C25H22ClN3O/c26-19-10-8-18(9-11-19)24-27-23-7-3-2-6-22(23)25(30)29(24)21-14-12-20(13-15-21)28-16-4-1-5-17-28/h2-3,6-15H,1,4-5,16-17H2. The van der Waals surface area contributed by atoms with Crippen LogP contribution >= 0.6 is 11.6 Å². The van der Waals surface area contributed by atoms with Crippen LogP contribution in [0.5, 0.6) is 0 Å². The largest absolute Gasteiger partial charge is 0.372 e. The summed E-state index contributed by atoms with van der Waals surface area (Å²) in [6.07, 6.45) is 3.77. The van der Waals surface area contributed by atoms with Crippen molar-refractivity contribution in [2.45, 2.75) is 19.3 Å². The van der Waals surface area contributed by atoms with Crippen LogP contribution in [0.25, 0.3) is 28.0 Å². The van der Waals surface area contributed by atoms with Crippen LogP contribution in [0.2, 0.25) is 5.02 Å². The van der Waals surface area contributed by atoms with Crippen molar-refractivity contribution in [2.75, 3.05) is 18.0 Å². The van der Waals surface area contributed by atoms with Crippen molar-refractivity contribution in [3.8, 4) is 17.1 Å². The third-order valence-electron chi connectivity index (χ3n) is 5.71. The predicted octanol–water partition coefficient (Wildman–Crippen LogP) is 5.70. The molecule has 5 heteroatoms. The van der Waals surface area contributed by atoms with Crippen molar-refractivity contribution >= 4 is 28.2 Å². The molecule has 2 heterocycles. The van der Waals surface area contributed by atoms with E-state index in [9.17, 15) is 4.79 Å². The summed E-state index contributed by atoms with van der Waals surface area (Å²) in [7, 11) is 0. The van der Waals surface area contributed by atoms with Gasteiger partial charge in [0.2, 0.25) is 0 Å². The number of nitrogens with zero attached hydrogens (tertiary/aromatic N) is 3. The minimum Gasteiger partial charge on any atom is -0.372 e. The monoisotopic (exact) mass is 415 g/mol. The minimum absolute atomic E-state index is 0.0729. The minimum atomic E-state index is -0.0729. The number of hydrogen-bond donors (Lipinski definition) is 0. The topological polar surface area (TPSA) is 38.1 Å². The van der Waals surface area contributed by atoms with Gasteiger partial charge in [0.25, 0.3) is 5.56 Å². The van der Waals surface area contributed by atoms with E-state index in [1.54, 1.807) is 4.57 Å². The second kappa shape index (κ2) is 7.96. The van der Waals surface area contributed by atoms with E-state index >= 15 is 0 Å². The van der Waals surface area contributed by atoms with E-state index in [2.05, 4.69) is 17.0 Å². The number of halogens is 1. The highest BCUT2D eigenvalue weighted by molar-refractivity contribution is 6.30. The molecule has 1 aromatic heterocycles. The van der Waals surface area contributed by atoms with Gasteiger partial charge >= 0.3 is 0 Å². The van der Waals surface area contributed by atoms with Crippen LogP contribution in [-0.2, 0) is 0 Å². The van der Waals surface area contributed by atoms with Crippen LogP contribution in [0.4, 0.5) is 5.69 Å². The smallest absolute Gasteiger partial charge is 0.266 e. The van der Waals surface area contributed by atoms with Gasteiger partial charge in [-0.25, -0.2) is 4.98 Å². The molecule has 0 saturated carbocycles. The fourth-order valence-corrected chi connectivity index (χ4v) is 4.26. The number of rotatable bonds is 3. The molecule has 4 aromatic rings. The van der Waals surface area contributed by atoms with Crippen molar-refractivity contribution < 1.29 is 0 Å². The van der Waals surface area contributed by atoms with Gasteiger partial charge in [-0.05, 0) is 79.9 Å². The van der Waals surface area contributed by atoms with Crippen molar-refractivity contribution in [1.29, 1.82) is 0 Å². The van der Waals surface area contributed by atoms with Gasteiger partial charge in [0.1, 0.15) is 5.82 Å². The van der Waals surface area contributed by atoms with E-state index in [0.29, 0.717) is 21.7 Å². The molecule has 0 atom stereocenters. The summed E-state index contributed by atoms with van der Waals surface area (Å²) in [5.41, 5.74) is 3.48. The SMILES string of the molecule is O=c1c2ccccc2nc(-c2ccc(Cl)cc2)n1-c1ccc(N2CCCCC2)cc1. The Balaban J connectivity index is 1.67. The van der Waals surface area contributed by atoms with E-state index in [0.717, 1.165) is 24.3 Å². The van der Waals surface area contributed by atoms with E-state index in [1.165, 1.54) is 24.9 Å². The van der Waals surface area contributed by atoms with Crippen LogP contribution in [0, 0.1) is 0 Å².